The van der Waals surface area contributed by atoms with Gasteiger partial charge in [0, 0.05) is 17.1 Å². The Morgan fingerprint density at radius 2 is 1.91 bits per heavy atom. The van der Waals surface area contributed by atoms with Crippen LogP contribution in [0, 0.1) is 6.92 Å². The number of hydrogen-bond donors (Lipinski definition) is 2. The fourth-order valence-corrected chi connectivity index (χ4v) is 2.75. The lowest BCUT2D eigenvalue weighted by Gasteiger charge is -2.30. The highest BCUT2D eigenvalue weighted by Crippen LogP contribution is 2.36. The van der Waals surface area contributed by atoms with Gasteiger partial charge in [-0.25, -0.2) is 4.79 Å². The predicted octanol–water partition coefficient (Wildman–Crippen LogP) is 3.10. The second kappa shape index (κ2) is 6.26. The lowest BCUT2D eigenvalue weighted by atomic mass is 9.84. The summed E-state index contributed by atoms with van der Waals surface area (Å²) >= 11 is 0. The molecule has 4 nitrogen and oxygen atoms in total. The molecule has 22 heavy (non-hydrogen) atoms. The number of nitrogens with two attached hydrogens (primary N) is 1. The van der Waals surface area contributed by atoms with Crippen molar-refractivity contribution in [2.24, 2.45) is 5.73 Å². The van der Waals surface area contributed by atoms with Gasteiger partial charge in [0.2, 0.25) is 0 Å². The minimum atomic E-state index is -0.318. The smallest absolute Gasteiger partial charge is 0.337 e. The van der Waals surface area contributed by atoms with E-state index in [1.807, 2.05) is 52.8 Å². The molecule has 1 atom stereocenters. The summed E-state index contributed by atoms with van der Waals surface area (Å²) in [7, 11) is 0. The Labute approximate surface area is 132 Å². The van der Waals surface area contributed by atoms with Crippen molar-refractivity contribution in [3.05, 3.63) is 58.1 Å². The average molecular weight is 300 g/mol. The van der Waals surface area contributed by atoms with Gasteiger partial charge in [0.1, 0.15) is 0 Å². The SMILES string of the molecule is CC1=C(N)C(c2cccc(C)c2)C(C(=O)OC(C)C)=C(C)N1. The molecule has 1 aromatic carbocycles. The fraction of sp³-hybridized carbons (Fsp3) is 0.389. The Hall–Kier alpha value is -2.23. The molecule has 1 aliphatic heterocycles. The van der Waals surface area contributed by atoms with E-state index in [2.05, 4.69) is 11.4 Å². The summed E-state index contributed by atoms with van der Waals surface area (Å²) in [5.74, 6) is -0.589. The van der Waals surface area contributed by atoms with Crippen LogP contribution < -0.4 is 11.1 Å². The number of allylic oxidation sites excluding steroid dienone is 3. The third kappa shape index (κ3) is 3.16. The Balaban J connectivity index is 2.52. The van der Waals surface area contributed by atoms with Gasteiger partial charge in [-0.1, -0.05) is 29.8 Å². The summed E-state index contributed by atoms with van der Waals surface area (Å²) in [5, 5.41) is 3.18. The van der Waals surface area contributed by atoms with Crippen molar-refractivity contribution in [1.82, 2.24) is 5.32 Å². The van der Waals surface area contributed by atoms with Crippen molar-refractivity contribution in [2.75, 3.05) is 0 Å². The van der Waals surface area contributed by atoms with Gasteiger partial charge >= 0.3 is 5.97 Å². The van der Waals surface area contributed by atoms with Crippen LogP contribution in [0.15, 0.2) is 46.9 Å². The van der Waals surface area contributed by atoms with Crippen molar-refractivity contribution in [3.8, 4) is 0 Å². The zero-order valence-corrected chi connectivity index (χ0v) is 13.9. The van der Waals surface area contributed by atoms with Crippen molar-refractivity contribution in [1.29, 1.82) is 0 Å². The van der Waals surface area contributed by atoms with E-state index in [1.165, 1.54) is 0 Å². The molecule has 4 heteroatoms. The van der Waals surface area contributed by atoms with Gasteiger partial charge in [-0.05, 0) is 40.2 Å². The van der Waals surface area contributed by atoms with E-state index in [4.69, 9.17) is 10.5 Å². The summed E-state index contributed by atoms with van der Waals surface area (Å²) in [5.41, 5.74) is 11.4. The van der Waals surface area contributed by atoms with E-state index in [1.54, 1.807) is 0 Å². The van der Waals surface area contributed by atoms with Crippen molar-refractivity contribution >= 4 is 5.97 Å². The first-order valence-electron chi connectivity index (χ1n) is 7.52. The lowest BCUT2D eigenvalue weighted by Crippen LogP contribution is -2.32. The molecule has 2 rings (SSSR count). The largest absolute Gasteiger partial charge is 0.460 e. The van der Waals surface area contributed by atoms with Crippen molar-refractivity contribution in [2.45, 2.75) is 46.6 Å². The molecule has 0 fully saturated rings. The van der Waals surface area contributed by atoms with Gasteiger partial charge < -0.3 is 15.8 Å². The van der Waals surface area contributed by atoms with Crippen LogP contribution in [0.1, 0.15) is 44.7 Å². The first-order valence-corrected chi connectivity index (χ1v) is 7.52. The summed E-state index contributed by atoms with van der Waals surface area (Å²) in [6.07, 6.45) is -0.167. The molecule has 1 unspecified atom stereocenters. The minimum absolute atomic E-state index is 0.167. The van der Waals surface area contributed by atoms with E-state index in [-0.39, 0.29) is 18.0 Å². The molecule has 3 N–H and O–H groups in total. The summed E-state index contributed by atoms with van der Waals surface area (Å²) < 4.78 is 5.41. The van der Waals surface area contributed by atoms with Crippen LogP contribution in [0.25, 0.3) is 0 Å². The number of carbonyl (C=O) groups is 1. The van der Waals surface area contributed by atoms with Gasteiger partial charge in [0.15, 0.2) is 0 Å². The predicted molar refractivity (Wildman–Crippen MR) is 87.9 cm³/mol. The van der Waals surface area contributed by atoms with Crippen molar-refractivity contribution in [3.63, 3.8) is 0 Å². The molecule has 0 aromatic heterocycles. The van der Waals surface area contributed by atoms with Crippen LogP contribution in [-0.4, -0.2) is 12.1 Å². The summed E-state index contributed by atoms with van der Waals surface area (Å²) in [6.45, 7) is 9.52. The highest BCUT2D eigenvalue weighted by atomic mass is 16.5. The first kappa shape index (κ1) is 16.1. The van der Waals surface area contributed by atoms with Gasteiger partial charge in [0.25, 0.3) is 0 Å². The normalized spacial score (nSPS) is 18.5. The topological polar surface area (TPSA) is 64.4 Å². The zero-order chi connectivity index (χ0) is 16.4. The third-order valence-electron chi connectivity index (χ3n) is 3.75. The van der Waals surface area contributed by atoms with Crippen LogP contribution in [-0.2, 0) is 9.53 Å². The fourth-order valence-electron chi connectivity index (χ4n) is 2.75. The molecule has 0 bridgehead atoms. The highest BCUT2D eigenvalue weighted by molar-refractivity contribution is 5.92. The van der Waals surface area contributed by atoms with Crippen LogP contribution in [0.3, 0.4) is 0 Å². The van der Waals surface area contributed by atoms with Crippen LogP contribution in [0.2, 0.25) is 0 Å². The number of ether oxygens (including phenoxy) is 1. The van der Waals surface area contributed by atoms with E-state index in [9.17, 15) is 4.79 Å². The molecular formula is C18H24N2O2. The highest BCUT2D eigenvalue weighted by Gasteiger charge is 2.33. The quantitative estimate of drug-likeness (QED) is 0.842. The Kier molecular flexibility index (Phi) is 4.59. The Morgan fingerprint density at radius 3 is 2.50 bits per heavy atom. The molecule has 0 radical (unpaired) electrons. The summed E-state index contributed by atoms with van der Waals surface area (Å²) in [4.78, 5) is 12.5. The monoisotopic (exact) mass is 300 g/mol. The van der Waals surface area contributed by atoms with Crippen molar-refractivity contribution < 1.29 is 9.53 Å². The van der Waals surface area contributed by atoms with E-state index in [0.29, 0.717) is 11.3 Å². The standard InChI is InChI=1S/C18H24N2O2/c1-10(2)22-18(21)15-12(4)20-13(5)17(19)16(15)14-8-6-7-11(3)9-14/h6-10,16,20H,19H2,1-5H3. The number of benzene rings is 1. The molecule has 0 saturated carbocycles. The van der Waals surface area contributed by atoms with Crippen LogP contribution in [0.5, 0.6) is 0 Å². The Morgan fingerprint density at radius 1 is 1.23 bits per heavy atom. The molecule has 0 spiro atoms. The molecule has 1 aliphatic rings. The van der Waals surface area contributed by atoms with E-state index < -0.39 is 0 Å². The zero-order valence-electron chi connectivity index (χ0n) is 13.9. The van der Waals surface area contributed by atoms with Crippen LogP contribution in [0.4, 0.5) is 0 Å². The van der Waals surface area contributed by atoms with E-state index >= 15 is 0 Å². The maximum atomic E-state index is 12.5. The number of rotatable bonds is 3. The number of dihydropyridines is 1. The number of hydrogen-bond acceptors (Lipinski definition) is 4. The molecule has 1 aromatic rings. The van der Waals surface area contributed by atoms with Crippen LogP contribution >= 0.6 is 0 Å². The van der Waals surface area contributed by atoms with Gasteiger partial charge in [-0.3, -0.25) is 0 Å². The molecule has 0 saturated heterocycles. The molecule has 0 amide bonds. The average Bonchev–Trinajstić information content (AvgIpc) is 2.41. The maximum absolute atomic E-state index is 12.5. The number of nitrogens with one attached hydrogen (secondary N) is 1. The number of carbonyl (C=O) groups excluding carboxylic acids is 1. The molecule has 118 valence electrons. The van der Waals surface area contributed by atoms with E-state index in [0.717, 1.165) is 22.5 Å². The number of esters is 1. The molecular weight excluding hydrogens is 276 g/mol. The second-order valence-corrected chi connectivity index (χ2v) is 6.05. The number of aryl methyl sites for hydroxylation is 1. The van der Waals surface area contributed by atoms with Gasteiger partial charge in [0.05, 0.1) is 17.6 Å². The third-order valence-corrected chi connectivity index (χ3v) is 3.75. The van der Waals surface area contributed by atoms with Gasteiger partial charge in [-0.15, -0.1) is 0 Å². The lowest BCUT2D eigenvalue weighted by molar-refractivity contribution is -0.143. The summed E-state index contributed by atoms with van der Waals surface area (Å²) in [6, 6.07) is 8.07. The second-order valence-electron chi connectivity index (χ2n) is 6.05. The molecule has 0 aliphatic carbocycles. The first-order chi connectivity index (χ1) is 10.3. The Bertz CT molecular complexity index is 657. The minimum Gasteiger partial charge on any atom is -0.460 e. The maximum Gasteiger partial charge on any atom is 0.337 e. The van der Waals surface area contributed by atoms with Gasteiger partial charge in [-0.2, -0.15) is 0 Å². The molecule has 1 heterocycles.